The first-order chi connectivity index (χ1) is 9.60. The quantitative estimate of drug-likeness (QED) is 0.677. The molecule has 0 aliphatic carbocycles. The van der Waals surface area contributed by atoms with Crippen molar-refractivity contribution in [1.82, 2.24) is 5.32 Å². The molecular formula is C14H18N2O4. The monoisotopic (exact) mass is 278 g/mol. The Kier molecular flexibility index (Phi) is 4.45. The summed E-state index contributed by atoms with van der Waals surface area (Å²) in [4.78, 5) is 16.4. The van der Waals surface area contributed by atoms with Gasteiger partial charge in [0.1, 0.15) is 0 Å². The highest BCUT2D eigenvalue weighted by molar-refractivity contribution is 6.04. The first kappa shape index (κ1) is 14.2. The van der Waals surface area contributed by atoms with E-state index in [0.717, 1.165) is 0 Å². The fourth-order valence-electron chi connectivity index (χ4n) is 1.68. The topological polar surface area (TPSA) is 69.2 Å². The number of nitrogens with zero attached hydrogens (tertiary/aromatic N) is 1. The van der Waals surface area contributed by atoms with Gasteiger partial charge in [0.15, 0.2) is 11.5 Å². The van der Waals surface area contributed by atoms with Crippen LogP contribution in [0.15, 0.2) is 23.2 Å². The predicted octanol–water partition coefficient (Wildman–Crippen LogP) is 1.95. The van der Waals surface area contributed by atoms with Crippen LogP contribution in [0.25, 0.3) is 0 Å². The van der Waals surface area contributed by atoms with Gasteiger partial charge in [-0.05, 0) is 39.0 Å². The van der Waals surface area contributed by atoms with Gasteiger partial charge in [0.25, 0.3) is 11.9 Å². The predicted molar refractivity (Wildman–Crippen MR) is 74.2 cm³/mol. The second-order valence-corrected chi connectivity index (χ2v) is 4.48. The highest BCUT2D eigenvalue weighted by Crippen LogP contribution is 2.32. The van der Waals surface area contributed by atoms with E-state index in [0.29, 0.717) is 23.7 Å². The molecule has 0 saturated carbocycles. The van der Waals surface area contributed by atoms with Crippen LogP contribution in [0.4, 0.5) is 0 Å². The van der Waals surface area contributed by atoms with Crippen LogP contribution >= 0.6 is 0 Å². The molecule has 1 aromatic carbocycles. The van der Waals surface area contributed by atoms with Crippen molar-refractivity contribution in [3.05, 3.63) is 23.8 Å². The van der Waals surface area contributed by atoms with Crippen LogP contribution < -0.4 is 14.8 Å². The van der Waals surface area contributed by atoms with Gasteiger partial charge in [-0.25, -0.2) is 4.99 Å². The van der Waals surface area contributed by atoms with Crippen molar-refractivity contribution < 1.29 is 19.0 Å². The van der Waals surface area contributed by atoms with Gasteiger partial charge in [-0.15, -0.1) is 0 Å². The van der Waals surface area contributed by atoms with Crippen molar-refractivity contribution in [3.63, 3.8) is 0 Å². The van der Waals surface area contributed by atoms with Crippen molar-refractivity contribution in [2.45, 2.75) is 26.8 Å². The number of benzene rings is 1. The van der Waals surface area contributed by atoms with Crippen LogP contribution in [0.1, 0.15) is 31.1 Å². The molecule has 108 valence electrons. The molecule has 6 nitrogen and oxygen atoms in total. The van der Waals surface area contributed by atoms with Gasteiger partial charge < -0.3 is 14.2 Å². The minimum atomic E-state index is -0.295. The molecule has 1 aromatic rings. The van der Waals surface area contributed by atoms with Gasteiger partial charge in [0.05, 0.1) is 6.61 Å². The van der Waals surface area contributed by atoms with E-state index in [1.807, 2.05) is 20.8 Å². The molecule has 1 aliphatic heterocycles. The molecule has 0 spiro atoms. The number of rotatable bonds is 3. The number of amides is 1. The third-order valence-electron chi connectivity index (χ3n) is 2.51. The molecule has 1 heterocycles. The van der Waals surface area contributed by atoms with Gasteiger partial charge in [-0.3, -0.25) is 10.1 Å². The lowest BCUT2D eigenvalue weighted by atomic mass is 10.2. The Bertz CT molecular complexity index is 526. The maximum Gasteiger partial charge on any atom is 0.291 e. The number of hydrogen-bond donors (Lipinski definition) is 1. The summed E-state index contributed by atoms with van der Waals surface area (Å²) in [5, 5.41) is 2.65. The average molecular weight is 278 g/mol. The fourth-order valence-corrected chi connectivity index (χ4v) is 1.68. The number of hydrogen-bond acceptors (Lipinski definition) is 5. The summed E-state index contributed by atoms with van der Waals surface area (Å²) in [6.45, 7) is 6.27. The van der Waals surface area contributed by atoms with E-state index in [4.69, 9.17) is 14.2 Å². The minimum Gasteiger partial charge on any atom is -0.465 e. The largest absolute Gasteiger partial charge is 0.465 e. The maximum atomic E-state index is 12.1. The number of aliphatic imine (C=N–C) groups is 1. The summed E-state index contributed by atoms with van der Waals surface area (Å²) >= 11 is 0. The summed E-state index contributed by atoms with van der Waals surface area (Å²) in [5.74, 6) is 0.912. The van der Waals surface area contributed by atoms with E-state index in [2.05, 4.69) is 10.3 Å². The second-order valence-electron chi connectivity index (χ2n) is 4.48. The van der Waals surface area contributed by atoms with Gasteiger partial charge in [-0.1, -0.05) is 0 Å². The highest BCUT2D eigenvalue weighted by atomic mass is 16.7. The van der Waals surface area contributed by atoms with E-state index in [-0.39, 0.29) is 24.8 Å². The number of carbonyl (C=O) groups excluding carboxylic acids is 1. The van der Waals surface area contributed by atoms with Crippen LogP contribution in [0, 0.1) is 0 Å². The lowest BCUT2D eigenvalue weighted by Gasteiger charge is -2.10. The van der Waals surface area contributed by atoms with Crippen molar-refractivity contribution in [1.29, 1.82) is 0 Å². The standard InChI is InChI=1S/C14H18N2O4/c1-4-18-14(15-9(2)3)16-13(17)10-5-6-11-12(7-10)20-8-19-11/h5-7,9H,4,8H2,1-3H3,(H,15,16,17). The molecule has 0 aromatic heterocycles. The van der Waals surface area contributed by atoms with Crippen molar-refractivity contribution in [2.24, 2.45) is 4.99 Å². The van der Waals surface area contributed by atoms with Crippen molar-refractivity contribution in [3.8, 4) is 11.5 Å². The normalized spacial score (nSPS) is 13.5. The van der Waals surface area contributed by atoms with Gasteiger partial charge >= 0.3 is 0 Å². The molecule has 2 rings (SSSR count). The number of fused-ring (bicyclic) bond motifs is 1. The van der Waals surface area contributed by atoms with Gasteiger partial charge in [0.2, 0.25) is 6.79 Å². The summed E-state index contributed by atoms with van der Waals surface area (Å²) < 4.78 is 15.7. The number of amidine groups is 1. The second kappa shape index (κ2) is 6.27. The number of nitrogens with one attached hydrogen (secondary N) is 1. The van der Waals surface area contributed by atoms with Gasteiger partial charge in [-0.2, -0.15) is 0 Å². The Morgan fingerprint density at radius 2 is 2.15 bits per heavy atom. The molecule has 0 radical (unpaired) electrons. The Hall–Kier alpha value is -2.24. The summed E-state index contributed by atoms with van der Waals surface area (Å²) in [6, 6.07) is 5.27. The molecule has 1 N–H and O–H groups in total. The van der Waals surface area contributed by atoms with Crippen molar-refractivity contribution >= 4 is 11.9 Å². The van der Waals surface area contributed by atoms with Gasteiger partial charge in [0, 0.05) is 11.6 Å². The Morgan fingerprint density at radius 1 is 1.40 bits per heavy atom. The van der Waals surface area contributed by atoms with Crippen LogP contribution in [0.3, 0.4) is 0 Å². The zero-order chi connectivity index (χ0) is 14.5. The third kappa shape index (κ3) is 3.40. The lowest BCUT2D eigenvalue weighted by Crippen LogP contribution is -2.33. The van der Waals surface area contributed by atoms with Crippen LogP contribution in [-0.2, 0) is 4.74 Å². The number of carbonyl (C=O) groups is 1. The SMILES string of the molecule is CCOC(=NC(C)C)NC(=O)c1ccc2c(c1)OCO2. The molecule has 6 heteroatoms. The smallest absolute Gasteiger partial charge is 0.291 e. The molecule has 0 atom stereocenters. The van der Waals surface area contributed by atoms with E-state index >= 15 is 0 Å². The fraction of sp³-hybridized carbons (Fsp3) is 0.429. The summed E-state index contributed by atoms with van der Waals surface area (Å²) in [5.41, 5.74) is 0.463. The highest BCUT2D eigenvalue weighted by Gasteiger charge is 2.17. The molecule has 0 unspecified atom stereocenters. The van der Waals surface area contributed by atoms with Crippen molar-refractivity contribution in [2.75, 3.05) is 13.4 Å². The number of ether oxygens (including phenoxy) is 3. The van der Waals surface area contributed by atoms with E-state index in [9.17, 15) is 4.79 Å². The molecule has 0 saturated heterocycles. The van der Waals surface area contributed by atoms with E-state index < -0.39 is 0 Å². The summed E-state index contributed by atoms with van der Waals surface area (Å²) in [6.07, 6.45) is 0. The molecule has 1 aliphatic rings. The van der Waals surface area contributed by atoms with Crippen LogP contribution in [-0.4, -0.2) is 31.4 Å². The van der Waals surface area contributed by atoms with Crippen LogP contribution in [0.2, 0.25) is 0 Å². The molecular weight excluding hydrogens is 260 g/mol. The zero-order valence-electron chi connectivity index (χ0n) is 11.8. The third-order valence-corrected chi connectivity index (χ3v) is 2.51. The van der Waals surface area contributed by atoms with E-state index in [1.165, 1.54) is 0 Å². The Morgan fingerprint density at radius 3 is 2.85 bits per heavy atom. The Balaban J connectivity index is 2.10. The minimum absolute atomic E-state index is 0.0357. The summed E-state index contributed by atoms with van der Waals surface area (Å²) in [7, 11) is 0. The first-order valence-corrected chi connectivity index (χ1v) is 6.51. The maximum absolute atomic E-state index is 12.1. The Labute approximate surface area is 117 Å². The first-order valence-electron chi connectivity index (χ1n) is 6.51. The average Bonchev–Trinajstić information content (AvgIpc) is 2.85. The zero-order valence-corrected chi connectivity index (χ0v) is 11.8. The molecule has 1 amide bonds. The molecule has 20 heavy (non-hydrogen) atoms. The van der Waals surface area contributed by atoms with E-state index in [1.54, 1.807) is 18.2 Å². The molecule has 0 bridgehead atoms. The van der Waals surface area contributed by atoms with Crippen LogP contribution in [0.5, 0.6) is 11.5 Å². The lowest BCUT2D eigenvalue weighted by molar-refractivity contribution is 0.0965. The molecule has 0 fully saturated rings.